The van der Waals surface area contributed by atoms with Crippen molar-refractivity contribution in [2.45, 2.75) is 39.5 Å². The van der Waals surface area contributed by atoms with Crippen LogP contribution in [-0.2, 0) is 24.6 Å². The highest BCUT2D eigenvalue weighted by atomic mass is 32.1. The molecule has 3 heterocycles. The minimum Gasteiger partial charge on any atom is -0.465 e. The third-order valence-electron chi connectivity index (χ3n) is 5.13. The number of carbonyl (C=O) groups is 2. The Morgan fingerprint density at radius 3 is 2.75 bits per heavy atom. The average molecular weight is 398 g/mol. The number of hydrogen-bond donors (Lipinski definition) is 1. The smallest absolute Gasteiger partial charge is 0.341 e. The predicted molar refractivity (Wildman–Crippen MR) is 108 cm³/mol. The van der Waals surface area contributed by atoms with E-state index in [0.717, 1.165) is 52.9 Å². The molecule has 1 amide bonds. The third-order valence-corrected chi connectivity index (χ3v) is 6.34. The molecule has 0 aliphatic heterocycles. The van der Waals surface area contributed by atoms with Crippen LogP contribution < -0.4 is 5.32 Å². The average Bonchev–Trinajstić information content (AvgIpc) is 3.17. The molecule has 28 heavy (non-hydrogen) atoms. The molecule has 8 heteroatoms. The van der Waals surface area contributed by atoms with Crippen molar-refractivity contribution in [3.8, 4) is 0 Å². The van der Waals surface area contributed by atoms with Crippen LogP contribution in [-0.4, -0.2) is 33.8 Å². The van der Waals surface area contributed by atoms with Gasteiger partial charge in [0.15, 0.2) is 5.65 Å². The number of carbonyl (C=O) groups excluding carboxylic acids is 2. The van der Waals surface area contributed by atoms with Crippen molar-refractivity contribution in [1.82, 2.24) is 14.8 Å². The van der Waals surface area contributed by atoms with Gasteiger partial charge in [0.05, 0.1) is 29.3 Å². The zero-order valence-corrected chi connectivity index (χ0v) is 17.2. The molecular weight excluding hydrogens is 376 g/mol. The number of nitrogens with one attached hydrogen (secondary N) is 1. The molecule has 3 aromatic heterocycles. The molecule has 0 saturated carbocycles. The lowest BCUT2D eigenvalue weighted by Gasteiger charge is -2.12. The Hall–Kier alpha value is -2.74. The van der Waals surface area contributed by atoms with Gasteiger partial charge in [-0.3, -0.25) is 9.48 Å². The van der Waals surface area contributed by atoms with Gasteiger partial charge in [0.2, 0.25) is 0 Å². The van der Waals surface area contributed by atoms with E-state index in [1.54, 1.807) is 10.7 Å². The number of esters is 1. The van der Waals surface area contributed by atoms with E-state index in [9.17, 15) is 9.59 Å². The van der Waals surface area contributed by atoms with Gasteiger partial charge in [-0.25, -0.2) is 9.78 Å². The lowest BCUT2D eigenvalue weighted by Crippen LogP contribution is -2.16. The van der Waals surface area contributed by atoms with E-state index in [0.29, 0.717) is 21.8 Å². The summed E-state index contributed by atoms with van der Waals surface area (Å²) in [6.45, 7) is 3.71. The summed E-state index contributed by atoms with van der Waals surface area (Å²) in [5.41, 5.74) is 4.18. The number of ether oxygens (including phenoxy) is 1. The summed E-state index contributed by atoms with van der Waals surface area (Å²) >= 11 is 1.48. The van der Waals surface area contributed by atoms with Crippen LogP contribution in [0, 0.1) is 13.8 Å². The standard InChI is InChI=1S/C20H22N4O3S/c1-10-9-13(15-11(2)23-24(3)17(15)21-10)18(25)22-19-16(20(26)27-4)12-7-5-6-8-14(12)28-19/h9H,5-8H2,1-4H3,(H,22,25). The quantitative estimate of drug-likeness (QED) is 0.682. The van der Waals surface area contributed by atoms with Crippen molar-refractivity contribution >= 4 is 39.2 Å². The highest BCUT2D eigenvalue weighted by Gasteiger charge is 2.28. The monoisotopic (exact) mass is 398 g/mol. The molecule has 0 aromatic carbocycles. The van der Waals surface area contributed by atoms with Gasteiger partial charge in [0, 0.05) is 17.6 Å². The number of rotatable bonds is 3. The van der Waals surface area contributed by atoms with Gasteiger partial charge in [-0.05, 0) is 51.2 Å². The number of methoxy groups -OCH3 is 1. The van der Waals surface area contributed by atoms with E-state index in [4.69, 9.17) is 4.74 Å². The van der Waals surface area contributed by atoms with E-state index in [1.165, 1.54) is 18.4 Å². The summed E-state index contributed by atoms with van der Waals surface area (Å²) in [5, 5.41) is 8.66. The number of aryl methyl sites for hydroxylation is 4. The van der Waals surface area contributed by atoms with Gasteiger partial charge in [0.25, 0.3) is 5.91 Å². The fourth-order valence-electron chi connectivity index (χ4n) is 3.89. The van der Waals surface area contributed by atoms with Gasteiger partial charge in [0.1, 0.15) is 5.00 Å². The fourth-order valence-corrected chi connectivity index (χ4v) is 5.16. The lowest BCUT2D eigenvalue weighted by molar-refractivity contribution is 0.0601. The van der Waals surface area contributed by atoms with E-state index in [-0.39, 0.29) is 5.91 Å². The minimum atomic E-state index is -0.400. The molecule has 0 bridgehead atoms. The molecule has 0 spiro atoms. The highest BCUT2D eigenvalue weighted by Crippen LogP contribution is 2.39. The second-order valence-corrected chi connectivity index (χ2v) is 8.18. The van der Waals surface area contributed by atoms with Crippen LogP contribution in [0.2, 0.25) is 0 Å². The van der Waals surface area contributed by atoms with E-state index >= 15 is 0 Å². The lowest BCUT2D eigenvalue weighted by atomic mass is 9.95. The minimum absolute atomic E-state index is 0.268. The summed E-state index contributed by atoms with van der Waals surface area (Å²) < 4.78 is 6.67. The van der Waals surface area contributed by atoms with Crippen LogP contribution in [0.15, 0.2) is 6.07 Å². The number of amides is 1. The van der Waals surface area contributed by atoms with Crippen molar-refractivity contribution < 1.29 is 14.3 Å². The van der Waals surface area contributed by atoms with Gasteiger partial charge >= 0.3 is 5.97 Å². The maximum absolute atomic E-state index is 13.2. The second-order valence-electron chi connectivity index (χ2n) is 7.08. The van der Waals surface area contributed by atoms with Crippen LogP contribution >= 0.6 is 11.3 Å². The number of thiophene rings is 1. The summed E-state index contributed by atoms with van der Waals surface area (Å²) in [4.78, 5) is 31.3. The van der Waals surface area contributed by atoms with Gasteiger partial charge in [-0.1, -0.05) is 0 Å². The Labute approximate surface area is 166 Å². The second kappa shape index (κ2) is 7.01. The van der Waals surface area contributed by atoms with Crippen LogP contribution in [0.5, 0.6) is 0 Å². The first kappa shape index (κ1) is 18.6. The number of aromatic nitrogens is 3. The number of nitrogens with zero attached hydrogens (tertiary/aromatic N) is 3. The van der Waals surface area contributed by atoms with Crippen LogP contribution in [0.4, 0.5) is 5.00 Å². The SMILES string of the molecule is COC(=O)c1c(NC(=O)c2cc(C)nc3c2c(C)nn3C)sc2c1CCCC2. The first-order valence-electron chi connectivity index (χ1n) is 9.25. The van der Waals surface area contributed by atoms with Gasteiger partial charge in [-0.15, -0.1) is 11.3 Å². The van der Waals surface area contributed by atoms with E-state index in [1.807, 2.05) is 20.9 Å². The Morgan fingerprint density at radius 1 is 1.25 bits per heavy atom. The topological polar surface area (TPSA) is 86.1 Å². The summed E-state index contributed by atoms with van der Waals surface area (Å²) in [6, 6.07) is 1.76. The van der Waals surface area contributed by atoms with Crippen LogP contribution in [0.25, 0.3) is 11.0 Å². The molecule has 1 aliphatic rings. The molecule has 1 N–H and O–H groups in total. The molecule has 0 atom stereocenters. The molecule has 0 fully saturated rings. The number of anilines is 1. The molecule has 0 radical (unpaired) electrons. The molecule has 3 aromatic rings. The van der Waals surface area contributed by atoms with Crippen molar-refractivity contribution in [3.63, 3.8) is 0 Å². The van der Waals surface area contributed by atoms with Crippen molar-refractivity contribution in [3.05, 3.63) is 39.0 Å². The third kappa shape index (κ3) is 2.97. The van der Waals surface area contributed by atoms with Crippen molar-refractivity contribution in [2.75, 3.05) is 12.4 Å². The molecule has 7 nitrogen and oxygen atoms in total. The maximum Gasteiger partial charge on any atom is 0.341 e. The number of hydrogen-bond acceptors (Lipinski definition) is 6. The predicted octanol–water partition coefficient (Wildman–Crippen LogP) is 3.56. The van der Waals surface area contributed by atoms with Crippen molar-refractivity contribution in [1.29, 1.82) is 0 Å². The van der Waals surface area contributed by atoms with Crippen LogP contribution in [0.1, 0.15) is 55.4 Å². The Kier molecular flexibility index (Phi) is 4.66. The van der Waals surface area contributed by atoms with E-state index in [2.05, 4.69) is 15.4 Å². The largest absolute Gasteiger partial charge is 0.465 e. The van der Waals surface area contributed by atoms with Gasteiger partial charge in [-0.2, -0.15) is 5.10 Å². The number of fused-ring (bicyclic) bond motifs is 2. The van der Waals surface area contributed by atoms with Crippen molar-refractivity contribution in [2.24, 2.45) is 7.05 Å². The summed E-state index contributed by atoms with van der Waals surface area (Å²) in [5.74, 6) is -0.668. The molecule has 0 saturated heterocycles. The first-order chi connectivity index (χ1) is 13.4. The zero-order valence-electron chi connectivity index (χ0n) is 16.4. The zero-order chi connectivity index (χ0) is 20.0. The Bertz CT molecular complexity index is 1110. The molecule has 0 unspecified atom stereocenters. The molecule has 4 rings (SSSR count). The van der Waals surface area contributed by atoms with E-state index < -0.39 is 5.97 Å². The highest BCUT2D eigenvalue weighted by molar-refractivity contribution is 7.17. The fraction of sp³-hybridized carbons (Fsp3) is 0.400. The molecular formula is C20H22N4O3S. The number of pyridine rings is 1. The molecule has 1 aliphatic carbocycles. The maximum atomic E-state index is 13.2. The Balaban J connectivity index is 1.79. The summed E-state index contributed by atoms with van der Waals surface area (Å²) in [6.07, 6.45) is 3.91. The Morgan fingerprint density at radius 2 is 2.00 bits per heavy atom. The normalized spacial score (nSPS) is 13.4. The summed E-state index contributed by atoms with van der Waals surface area (Å²) in [7, 11) is 3.18. The molecule has 146 valence electrons. The van der Waals surface area contributed by atoms with Gasteiger partial charge < -0.3 is 10.1 Å². The first-order valence-corrected chi connectivity index (χ1v) is 10.1. The van der Waals surface area contributed by atoms with Crippen LogP contribution in [0.3, 0.4) is 0 Å².